The second kappa shape index (κ2) is 5.29. The molecule has 100 valence electrons. The second-order valence-electron chi connectivity index (χ2n) is 5.11. The maximum Gasteiger partial charge on any atom is 0.404 e. The predicted octanol–water partition coefficient (Wildman–Crippen LogP) is 2.86. The van der Waals surface area contributed by atoms with Crippen LogP contribution in [0.1, 0.15) is 30.5 Å². The van der Waals surface area contributed by atoms with Crippen molar-refractivity contribution >= 4 is 6.09 Å². The highest BCUT2D eigenvalue weighted by Gasteiger charge is 2.24. The van der Waals surface area contributed by atoms with Crippen molar-refractivity contribution in [2.45, 2.75) is 33.1 Å². The summed E-state index contributed by atoms with van der Waals surface area (Å²) < 4.78 is 5.28. The molecule has 0 unspecified atom stereocenters. The van der Waals surface area contributed by atoms with E-state index in [9.17, 15) is 4.79 Å². The Balaban J connectivity index is 3.09. The summed E-state index contributed by atoms with van der Waals surface area (Å²) >= 11 is 0. The van der Waals surface area contributed by atoms with Gasteiger partial charge in [-0.05, 0) is 36.6 Å². The number of carbonyl (C=O) groups is 1. The zero-order valence-corrected chi connectivity index (χ0v) is 11.6. The number of benzene rings is 1. The quantitative estimate of drug-likeness (QED) is 0.865. The topological polar surface area (TPSA) is 58.6 Å². The molecule has 1 amide bonds. The van der Waals surface area contributed by atoms with Crippen LogP contribution in [0.5, 0.6) is 5.75 Å². The van der Waals surface area contributed by atoms with Crippen LogP contribution in [-0.4, -0.2) is 24.9 Å². The molecule has 0 spiro atoms. The van der Waals surface area contributed by atoms with Crippen LogP contribution in [0.4, 0.5) is 4.79 Å². The monoisotopic (exact) mass is 251 g/mol. The minimum Gasteiger partial charge on any atom is -0.496 e. The molecule has 0 radical (unpaired) electrons. The van der Waals surface area contributed by atoms with Crippen molar-refractivity contribution in [3.63, 3.8) is 0 Å². The van der Waals surface area contributed by atoms with E-state index in [0.717, 1.165) is 22.4 Å². The van der Waals surface area contributed by atoms with E-state index >= 15 is 0 Å². The van der Waals surface area contributed by atoms with Crippen LogP contribution in [0.25, 0.3) is 0 Å². The van der Waals surface area contributed by atoms with Gasteiger partial charge >= 0.3 is 6.09 Å². The number of nitrogens with one attached hydrogen (secondary N) is 1. The first-order chi connectivity index (χ1) is 8.29. The molecule has 1 aromatic rings. The Kier molecular flexibility index (Phi) is 4.22. The van der Waals surface area contributed by atoms with E-state index < -0.39 is 6.09 Å². The van der Waals surface area contributed by atoms with Crippen LogP contribution in [0.15, 0.2) is 12.1 Å². The van der Waals surface area contributed by atoms with Gasteiger partial charge in [-0.25, -0.2) is 4.79 Å². The molecule has 0 atom stereocenters. The summed E-state index contributed by atoms with van der Waals surface area (Å²) in [5.41, 5.74) is 3.12. The van der Waals surface area contributed by atoms with Crippen LogP contribution in [-0.2, 0) is 5.41 Å². The molecule has 0 saturated carbocycles. The van der Waals surface area contributed by atoms with E-state index in [1.165, 1.54) is 0 Å². The standard InChI is InChI=1S/C14H21NO3/c1-9-10(2)12(18-5)7-6-11(9)14(3,4)8-15-13(16)17/h6-7,15H,8H2,1-5H3,(H,16,17). The van der Waals surface area contributed by atoms with Crippen molar-refractivity contribution in [1.82, 2.24) is 5.32 Å². The molecular formula is C14H21NO3. The van der Waals surface area contributed by atoms with Crippen molar-refractivity contribution in [2.75, 3.05) is 13.7 Å². The fourth-order valence-corrected chi connectivity index (χ4v) is 2.14. The van der Waals surface area contributed by atoms with Crippen molar-refractivity contribution in [2.24, 2.45) is 0 Å². The molecule has 0 aliphatic carbocycles. The lowest BCUT2D eigenvalue weighted by Gasteiger charge is -2.28. The molecule has 4 nitrogen and oxygen atoms in total. The third-order valence-electron chi connectivity index (χ3n) is 3.37. The van der Waals surface area contributed by atoms with Gasteiger partial charge in [0, 0.05) is 12.0 Å². The van der Waals surface area contributed by atoms with Gasteiger partial charge in [-0.15, -0.1) is 0 Å². The highest BCUT2D eigenvalue weighted by Crippen LogP contribution is 2.31. The number of rotatable bonds is 4. The molecule has 0 fully saturated rings. The minimum atomic E-state index is -0.994. The molecule has 1 aromatic carbocycles. The average molecular weight is 251 g/mol. The molecule has 18 heavy (non-hydrogen) atoms. The second-order valence-corrected chi connectivity index (χ2v) is 5.11. The first-order valence-corrected chi connectivity index (χ1v) is 5.91. The highest BCUT2D eigenvalue weighted by molar-refractivity contribution is 5.64. The average Bonchev–Trinajstić information content (AvgIpc) is 2.30. The lowest BCUT2D eigenvalue weighted by molar-refractivity contribution is 0.192. The van der Waals surface area contributed by atoms with Gasteiger partial charge in [0.15, 0.2) is 0 Å². The fourth-order valence-electron chi connectivity index (χ4n) is 2.14. The van der Waals surface area contributed by atoms with Gasteiger partial charge < -0.3 is 15.2 Å². The highest BCUT2D eigenvalue weighted by atomic mass is 16.5. The maximum atomic E-state index is 10.6. The molecule has 0 aliphatic rings. The zero-order valence-electron chi connectivity index (χ0n) is 11.6. The van der Waals surface area contributed by atoms with Crippen molar-refractivity contribution in [3.05, 3.63) is 28.8 Å². The van der Waals surface area contributed by atoms with Crippen LogP contribution in [0.3, 0.4) is 0 Å². The third kappa shape index (κ3) is 2.94. The van der Waals surface area contributed by atoms with Crippen LogP contribution < -0.4 is 10.1 Å². The molecular weight excluding hydrogens is 230 g/mol. The maximum absolute atomic E-state index is 10.6. The first-order valence-electron chi connectivity index (χ1n) is 5.91. The van der Waals surface area contributed by atoms with Crippen LogP contribution in [0, 0.1) is 13.8 Å². The summed E-state index contributed by atoms with van der Waals surface area (Å²) in [5.74, 6) is 0.859. The summed E-state index contributed by atoms with van der Waals surface area (Å²) in [7, 11) is 1.65. The lowest BCUT2D eigenvalue weighted by Crippen LogP contribution is -2.36. The molecule has 1 rings (SSSR count). The third-order valence-corrected chi connectivity index (χ3v) is 3.37. The summed E-state index contributed by atoms with van der Waals surface area (Å²) in [6.45, 7) is 8.48. The van der Waals surface area contributed by atoms with E-state index in [1.807, 2.05) is 39.8 Å². The summed E-state index contributed by atoms with van der Waals surface area (Å²) in [5, 5.41) is 11.1. The first kappa shape index (κ1) is 14.4. The number of ether oxygens (including phenoxy) is 1. The summed E-state index contributed by atoms with van der Waals surface area (Å²) in [6, 6.07) is 3.94. The lowest BCUT2D eigenvalue weighted by atomic mass is 9.80. The van der Waals surface area contributed by atoms with E-state index in [-0.39, 0.29) is 5.41 Å². The Morgan fingerprint density at radius 2 is 1.94 bits per heavy atom. The Morgan fingerprint density at radius 1 is 1.33 bits per heavy atom. The van der Waals surface area contributed by atoms with Crippen molar-refractivity contribution in [3.8, 4) is 5.75 Å². The Morgan fingerprint density at radius 3 is 2.44 bits per heavy atom. The van der Waals surface area contributed by atoms with Gasteiger partial charge in [-0.3, -0.25) is 0 Å². The van der Waals surface area contributed by atoms with Crippen LogP contribution >= 0.6 is 0 Å². The largest absolute Gasteiger partial charge is 0.496 e. The van der Waals surface area contributed by atoms with Gasteiger partial charge in [0.25, 0.3) is 0 Å². The van der Waals surface area contributed by atoms with E-state index in [2.05, 4.69) is 5.32 Å². The summed E-state index contributed by atoms with van der Waals surface area (Å²) in [4.78, 5) is 10.6. The van der Waals surface area contributed by atoms with E-state index in [4.69, 9.17) is 9.84 Å². The van der Waals surface area contributed by atoms with Gasteiger partial charge in [-0.2, -0.15) is 0 Å². The zero-order chi connectivity index (χ0) is 13.9. The number of hydrogen-bond donors (Lipinski definition) is 2. The predicted molar refractivity (Wildman–Crippen MR) is 71.5 cm³/mol. The molecule has 0 aromatic heterocycles. The Labute approximate surface area is 108 Å². The fraction of sp³-hybridized carbons (Fsp3) is 0.500. The van der Waals surface area contributed by atoms with Gasteiger partial charge in [0.2, 0.25) is 0 Å². The number of hydrogen-bond acceptors (Lipinski definition) is 2. The van der Waals surface area contributed by atoms with E-state index in [0.29, 0.717) is 6.54 Å². The smallest absolute Gasteiger partial charge is 0.404 e. The molecule has 0 aliphatic heterocycles. The molecule has 0 heterocycles. The number of methoxy groups -OCH3 is 1. The SMILES string of the molecule is COc1ccc(C(C)(C)CNC(=O)O)c(C)c1C. The molecule has 4 heteroatoms. The van der Waals surface area contributed by atoms with Crippen molar-refractivity contribution in [1.29, 1.82) is 0 Å². The minimum absolute atomic E-state index is 0.250. The van der Waals surface area contributed by atoms with Gasteiger partial charge in [0.1, 0.15) is 5.75 Å². The van der Waals surface area contributed by atoms with Crippen LogP contribution in [0.2, 0.25) is 0 Å². The number of amides is 1. The molecule has 2 N–H and O–H groups in total. The van der Waals surface area contributed by atoms with Crippen molar-refractivity contribution < 1.29 is 14.6 Å². The Hall–Kier alpha value is -1.71. The number of carboxylic acid groups (broad SMARTS) is 1. The molecule has 0 saturated heterocycles. The molecule has 0 bridgehead atoms. The summed E-state index contributed by atoms with van der Waals surface area (Å²) in [6.07, 6.45) is -0.994. The normalized spacial score (nSPS) is 11.2. The van der Waals surface area contributed by atoms with Gasteiger partial charge in [-0.1, -0.05) is 19.9 Å². The van der Waals surface area contributed by atoms with E-state index in [1.54, 1.807) is 7.11 Å². The Bertz CT molecular complexity index is 453. The van der Waals surface area contributed by atoms with Gasteiger partial charge in [0.05, 0.1) is 7.11 Å².